The lowest BCUT2D eigenvalue weighted by Gasteiger charge is -2.45. The van der Waals surface area contributed by atoms with E-state index in [1.54, 1.807) is 7.05 Å². The van der Waals surface area contributed by atoms with E-state index in [4.69, 9.17) is 0 Å². The molecule has 1 saturated carbocycles. The number of hydrogen-bond donors (Lipinski definition) is 1. The highest BCUT2D eigenvalue weighted by Crippen LogP contribution is 2.33. The van der Waals surface area contributed by atoms with Gasteiger partial charge in [-0.25, -0.2) is 4.79 Å². The maximum Gasteiger partial charge on any atom is 0.326 e. The van der Waals surface area contributed by atoms with Crippen molar-refractivity contribution in [3.05, 3.63) is 0 Å². The first-order valence-corrected chi connectivity index (χ1v) is 6.49. The van der Waals surface area contributed by atoms with Crippen molar-refractivity contribution in [3.8, 4) is 0 Å². The van der Waals surface area contributed by atoms with Crippen molar-refractivity contribution in [1.82, 2.24) is 9.80 Å². The van der Waals surface area contributed by atoms with E-state index in [9.17, 15) is 9.59 Å². The second kappa shape index (κ2) is 4.65. The van der Waals surface area contributed by atoms with Crippen LogP contribution in [0.4, 0.5) is 4.79 Å². The molecule has 0 bridgehead atoms. The summed E-state index contributed by atoms with van der Waals surface area (Å²) in [5, 5.41) is 0. The zero-order valence-electron chi connectivity index (χ0n) is 9.56. The van der Waals surface area contributed by atoms with E-state index in [0.29, 0.717) is 12.3 Å². The number of nitrogens with zero attached hydrogens (tertiary/aromatic N) is 2. The van der Waals surface area contributed by atoms with Crippen molar-refractivity contribution in [2.24, 2.45) is 5.92 Å². The molecule has 0 radical (unpaired) electrons. The van der Waals surface area contributed by atoms with Crippen LogP contribution in [0.5, 0.6) is 0 Å². The molecule has 2 fully saturated rings. The van der Waals surface area contributed by atoms with Crippen LogP contribution >= 0.6 is 12.6 Å². The zero-order chi connectivity index (χ0) is 11.7. The van der Waals surface area contributed by atoms with Crippen LogP contribution in [0, 0.1) is 5.92 Å². The first-order chi connectivity index (χ1) is 7.66. The summed E-state index contributed by atoms with van der Waals surface area (Å²) in [5.74, 6) is 0.679. The van der Waals surface area contributed by atoms with E-state index >= 15 is 0 Å². The van der Waals surface area contributed by atoms with Crippen molar-refractivity contribution in [2.45, 2.75) is 31.7 Å². The summed E-state index contributed by atoms with van der Waals surface area (Å²) < 4.78 is 0. The Morgan fingerprint density at radius 1 is 1.31 bits per heavy atom. The predicted octanol–water partition coefficient (Wildman–Crippen LogP) is 1.37. The molecule has 5 heteroatoms. The van der Waals surface area contributed by atoms with Gasteiger partial charge in [-0.1, -0.05) is 12.8 Å². The van der Waals surface area contributed by atoms with Crippen molar-refractivity contribution in [1.29, 1.82) is 0 Å². The minimum absolute atomic E-state index is 0.00474. The molecule has 0 N–H and O–H groups in total. The highest BCUT2D eigenvalue weighted by molar-refractivity contribution is 7.80. The molecule has 2 atom stereocenters. The van der Waals surface area contributed by atoms with Crippen molar-refractivity contribution in [2.75, 3.05) is 19.3 Å². The van der Waals surface area contributed by atoms with Gasteiger partial charge in [-0.2, -0.15) is 12.6 Å². The molecule has 0 aromatic rings. The van der Waals surface area contributed by atoms with Gasteiger partial charge in [0.25, 0.3) is 0 Å². The third kappa shape index (κ3) is 1.81. The highest BCUT2D eigenvalue weighted by atomic mass is 32.1. The first-order valence-electron chi connectivity index (χ1n) is 5.86. The summed E-state index contributed by atoms with van der Waals surface area (Å²) >= 11 is 4.18. The second-order valence-corrected chi connectivity index (χ2v) is 5.00. The Balaban J connectivity index is 2.23. The van der Waals surface area contributed by atoms with Crippen LogP contribution in [0.1, 0.15) is 25.7 Å². The summed E-state index contributed by atoms with van der Waals surface area (Å²) in [5.41, 5.74) is 0. The average Bonchev–Trinajstić information content (AvgIpc) is 2.32. The Labute approximate surface area is 101 Å². The van der Waals surface area contributed by atoms with Crippen molar-refractivity contribution >= 4 is 24.6 Å². The fourth-order valence-electron chi connectivity index (χ4n) is 2.82. The molecule has 2 rings (SSSR count). The third-order valence-electron chi connectivity index (χ3n) is 3.65. The molecule has 2 unspecified atom stereocenters. The van der Waals surface area contributed by atoms with E-state index < -0.39 is 0 Å². The highest BCUT2D eigenvalue weighted by Gasteiger charge is 2.44. The summed E-state index contributed by atoms with van der Waals surface area (Å²) in [7, 11) is 1.58. The number of rotatable bonds is 2. The lowest BCUT2D eigenvalue weighted by Crippen LogP contribution is -2.61. The average molecular weight is 242 g/mol. The smallest absolute Gasteiger partial charge is 0.320 e. The van der Waals surface area contributed by atoms with Gasteiger partial charge in [-0.05, 0) is 12.8 Å². The summed E-state index contributed by atoms with van der Waals surface area (Å²) in [6.07, 6.45) is 4.10. The molecule has 0 aromatic heterocycles. The second-order valence-electron chi connectivity index (χ2n) is 4.56. The molecular formula is C11H18N2O2S. The van der Waals surface area contributed by atoms with Gasteiger partial charge in [0.15, 0.2) is 0 Å². The molecule has 3 amide bonds. The van der Waals surface area contributed by atoms with E-state index in [2.05, 4.69) is 12.6 Å². The van der Waals surface area contributed by atoms with Gasteiger partial charge < -0.3 is 4.90 Å². The minimum Gasteiger partial charge on any atom is -0.320 e. The summed E-state index contributed by atoms with van der Waals surface area (Å²) in [6, 6.07) is -0.0284. The third-order valence-corrected chi connectivity index (χ3v) is 3.85. The molecule has 0 spiro atoms. The SMILES string of the molecule is CN1C(=O)C2CCCCC2N(CCS)C1=O. The molecule has 16 heavy (non-hydrogen) atoms. The fourth-order valence-corrected chi connectivity index (χ4v) is 3.03. The van der Waals surface area contributed by atoms with Gasteiger partial charge in [-0.15, -0.1) is 0 Å². The topological polar surface area (TPSA) is 40.6 Å². The number of hydrogen-bond acceptors (Lipinski definition) is 3. The molecule has 0 aromatic carbocycles. The number of amides is 3. The lowest BCUT2D eigenvalue weighted by molar-refractivity contribution is -0.139. The van der Waals surface area contributed by atoms with Crippen molar-refractivity contribution < 1.29 is 9.59 Å². The molecule has 90 valence electrons. The van der Waals surface area contributed by atoms with Crippen LogP contribution < -0.4 is 0 Å². The Morgan fingerprint density at radius 2 is 2.00 bits per heavy atom. The zero-order valence-corrected chi connectivity index (χ0v) is 10.4. The molecule has 1 saturated heterocycles. The van der Waals surface area contributed by atoms with Crippen LogP contribution in [0.25, 0.3) is 0 Å². The standard InChI is InChI=1S/C11H18N2O2S/c1-12-10(14)8-4-2-3-5-9(8)13(6-7-16)11(12)15/h8-9,16H,2-7H2,1H3. The Morgan fingerprint density at radius 3 is 2.69 bits per heavy atom. The van der Waals surface area contributed by atoms with Crippen LogP contribution in [-0.4, -0.2) is 47.1 Å². The van der Waals surface area contributed by atoms with Gasteiger partial charge >= 0.3 is 6.03 Å². The molecule has 1 aliphatic heterocycles. The normalized spacial score (nSPS) is 30.6. The number of urea groups is 1. The van der Waals surface area contributed by atoms with E-state index in [1.807, 2.05) is 4.90 Å². The number of carbonyl (C=O) groups excluding carboxylic acids is 2. The summed E-state index contributed by atoms with van der Waals surface area (Å²) in [6.45, 7) is 0.640. The lowest BCUT2D eigenvalue weighted by atomic mass is 9.81. The molecule has 4 nitrogen and oxygen atoms in total. The van der Waals surface area contributed by atoms with Crippen LogP contribution in [0.3, 0.4) is 0 Å². The molecule has 1 heterocycles. The van der Waals surface area contributed by atoms with Gasteiger partial charge in [0.05, 0.1) is 5.92 Å². The largest absolute Gasteiger partial charge is 0.326 e. The fraction of sp³-hybridized carbons (Fsp3) is 0.818. The first kappa shape index (κ1) is 11.8. The number of imide groups is 1. The number of fused-ring (bicyclic) bond motifs is 1. The molecule has 2 aliphatic rings. The quantitative estimate of drug-likeness (QED) is 0.743. The van der Waals surface area contributed by atoms with Gasteiger partial charge in [0.1, 0.15) is 0 Å². The van der Waals surface area contributed by atoms with Gasteiger partial charge in [0.2, 0.25) is 5.91 Å². The van der Waals surface area contributed by atoms with Gasteiger partial charge in [-0.3, -0.25) is 9.69 Å². The minimum atomic E-state index is -0.151. The summed E-state index contributed by atoms with van der Waals surface area (Å²) in [4.78, 5) is 27.1. The van der Waals surface area contributed by atoms with E-state index in [-0.39, 0.29) is 23.9 Å². The molecule has 1 aliphatic carbocycles. The van der Waals surface area contributed by atoms with Crippen LogP contribution in [0.2, 0.25) is 0 Å². The maximum absolute atomic E-state index is 12.0. The Hall–Kier alpha value is -0.710. The predicted molar refractivity (Wildman–Crippen MR) is 64.5 cm³/mol. The van der Waals surface area contributed by atoms with E-state index in [0.717, 1.165) is 25.7 Å². The Kier molecular flexibility index (Phi) is 3.42. The van der Waals surface area contributed by atoms with Crippen LogP contribution in [0.15, 0.2) is 0 Å². The number of thiol groups is 1. The van der Waals surface area contributed by atoms with Crippen LogP contribution in [-0.2, 0) is 4.79 Å². The number of carbonyl (C=O) groups is 2. The van der Waals surface area contributed by atoms with Gasteiger partial charge in [0, 0.05) is 25.4 Å². The van der Waals surface area contributed by atoms with Crippen molar-refractivity contribution in [3.63, 3.8) is 0 Å². The maximum atomic E-state index is 12.0. The molecular weight excluding hydrogens is 224 g/mol. The van der Waals surface area contributed by atoms with E-state index in [1.165, 1.54) is 4.90 Å². The monoisotopic (exact) mass is 242 g/mol. The Bertz CT molecular complexity index is 308.